The highest BCUT2D eigenvalue weighted by atomic mass is 16.5. The van der Waals surface area contributed by atoms with Gasteiger partial charge >= 0.3 is 0 Å². The molecule has 0 aliphatic rings. The molecular formula is C19H22N4O3. The Bertz CT molecular complexity index is 768. The molecule has 136 valence electrons. The third kappa shape index (κ3) is 5.62. The number of benzene rings is 2. The van der Waals surface area contributed by atoms with Crippen molar-refractivity contribution in [3.8, 4) is 5.75 Å². The maximum atomic E-state index is 12.0. The van der Waals surface area contributed by atoms with E-state index in [1.807, 2.05) is 43.3 Å². The summed E-state index contributed by atoms with van der Waals surface area (Å²) in [5.74, 6) is -0.0914. The zero-order valence-electron chi connectivity index (χ0n) is 15.0. The lowest BCUT2D eigenvalue weighted by atomic mass is 10.2. The molecule has 0 atom stereocenters. The first-order chi connectivity index (χ1) is 12.5. The summed E-state index contributed by atoms with van der Waals surface area (Å²) >= 11 is 0. The minimum Gasteiger partial charge on any atom is -0.497 e. The molecule has 0 radical (unpaired) electrons. The molecule has 0 bridgehead atoms. The Balaban J connectivity index is 1.78. The summed E-state index contributed by atoms with van der Waals surface area (Å²) in [4.78, 5) is 25.7. The van der Waals surface area contributed by atoms with Crippen LogP contribution in [0.4, 0.5) is 5.69 Å². The molecular weight excluding hydrogens is 332 g/mol. The Labute approximate surface area is 152 Å². The van der Waals surface area contributed by atoms with E-state index < -0.39 is 5.91 Å². The first-order valence-corrected chi connectivity index (χ1v) is 8.01. The maximum absolute atomic E-state index is 12.0. The molecule has 2 aromatic carbocycles. The average Bonchev–Trinajstić information content (AvgIpc) is 2.66. The van der Waals surface area contributed by atoms with Crippen molar-refractivity contribution in [2.45, 2.75) is 0 Å². The first-order valence-electron chi connectivity index (χ1n) is 8.01. The number of hydrazone groups is 1. The fraction of sp³-hybridized carbons (Fsp3) is 0.211. The zero-order chi connectivity index (χ0) is 18.9. The van der Waals surface area contributed by atoms with Gasteiger partial charge in [0.15, 0.2) is 0 Å². The highest BCUT2D eigenvalue weighted by Crippen LogP contribution is 2.11. The van der Waals surface area contributed by atoms with Gasteiger partial charge in [0.05, 0.1) is 19.9 Å². The number of rotatable bonds is 7. The molecule has 0 unspecified atom stereocenters. The number of carbonyl (C=O) groups is 2. The lowest BCUT2D eigenvalue weighted by Crippen LogP contribution is -2.34. The summed E-state index contributed by atoms with van der Waals surface area (Å²) in [5.41, 5.74) is 4.76. The molecule has 2 aromatic rings. The van der Waals surface area contributed by atoms with Crippen molar-refractivity contribution in [1.82, 2.24) is 10.7 Å². The van der Waals surface area contributed by atoms with Gasteiger partial charge in [-0.1, -0.05) is 12.1 Å². The quantitative estimate of drug-likeness (QED) is 0.585. The van der Waals surface area contributed by atoms with E-state index in [-0.39, 0.29) is 12.5 Å². The minimum absolute atomic E-state index is 0.165. The number of nitrogens with one attached hydrogen (secondary N) is 2. The number of ether oxygens (including phenoxy) is 1. The predicted molar refractivity (Wildman–Crippen MR) is 102 cm³/mol. The SMILES string of the molecule is COc1ccc(C(=O)NCC(=O)N/N=C/c2ccc(N(C)C)cc2)cc1. The van der Waals surface area contributed by atoms with Crippen molar-refractivity contribution in [3.05, 3.63) is 59.7 Å². The molecule has 0 aliphatic carbocycles. The largest absolute Gasteiger partial charge is 0.497 e. The molecule has 2 amide bonds. The number of hydrogen-bond donors (Lipinski definition) is 2. The van der Waals surface area contributed by atoms with Crippen LogP contribution in [0.1, 0.15) is 15.9 Å². The van der Waals surface area contributed by atoms with Gasteiger partial charge in [-0.2, -0.15) is 5.10 Å². The Kier molecular flexibility index (Phi) is 6.73. The maximum Gasteiger partial charge on any atom is 0.259 e. The summed E-state index contributed by atoms with van der Waals surface area (Å²) in [6, 6.07) is 14.3. The van der Waals surface area contributed by atoms with Gasteiger partial charge in [-0.05, 0) is 42.0 Å². The molecule has 2 N–H and O–H groups in total. The third-order valence-electron chi connectivity index (χ3n) is 3.57. The molecule has 7 nitrogen and oxygen atoms in total. The van der Waals surface area contributed by atoms with Crippen LogP contribution in [0, 0.1) is 0 Å². The molecule has 0 saturated carbocycles. The highest BCUT2D eigenvalue weighted by molar-refractivity contribution is 5.96. The highest BCUT2D eigenvalue weighted by Gasteiger charge is 2.07. The monoisotopic (exact) mass is 354 g/mol. The normalized spacial score (nSPS) is 10.4. The topological polar surface area (TPSA) is 83.0 Å². The predicted octanol–water partition coefficient (Wildman–Crippen LogP) is 1.64. The molecule has 2 rings (SSSR count). The Morgan fingerprint density at radius 3 is 2.31 bits per heavy atom. The van der Waals surface area contributed by atoms with Crippen molar-refractivity contribution in [3.63, 3.8) is 0 Å². The van der Waals surface area contributed by atoms with Crippen molar-refractivity contribution in [2.75, 3.05) is 32.6 Å². The number of anilines is 1. The van der Waals surface area contributed by atoms with Crippen LogP contribution in [0.5, 0.6) is 5.75 Å². The smallest absolute Gasteiger partial charge is 0.259 e. The molecule has 0 fully saturated rings. The standard InChI is InChI=1S/C19H22N4O3/c1-23(2)16-8-4-14(5-9-16)12-21-22-18(24)13-20-19(25)15-6-10-17(26-3)11-7-15/h4-12H,13H2,1-3H3,(H,20,25)(H,22,24)/b21-12+. The average molecular weight is 354 g/mol. The number of nitrogens with zero attached hydrogens (tertiary/aromatic N) is 2. The third-order valence-corrected chi connectivity index (χ3v) is 3.57. The van der Waals surface area contributed by atoms with Crippen LogP contribution in [0.3, 0.4) is 0 Å². The Hall–Kier alpha value is -3.35. The molecule has 26 heavy (non-hydrogen) atoms. The van der Waals surface area contributed by atoms with Crippen LogP contribution >= 0.6 is 0 Å². The van der Waals surface area contributed by atoms with Crippen LogP contribution in [0.2, 0.25) is 0 Å². The second-order valence-corrected chi connectivity index (χ2v) is 5.69. The summed E-state index contributed by atoms with van der Waals surface area (Å²) in [6.45, 7) is -0.165. The van der Waals surface area contributed by atoms with Gasteiger partial charge in [0, 0.05) is 25.3 Å². The Morgan fingerprint density at radius 2 is 1.73 bits per heavy atom. The van der Waals surface area contributed by atoms with Crippen LogP contribution < -0.4 is 20.4 Å². The van der Waals surface area contributed by atoms with E-state index in [0.717, 1.165) is 11.3 Å². The molecule has 0 heterocycles. The first kappa shape index (κ1) is 19.0. The lowest BCUT2D eigenvalue weighted by molar-refractivity contribution is -0.120. The fourth-order valence-corrected chi connectivity index (χ4v) is 2.08. The molecule has 0 aliphatic heterocycles. The van der Waals surface area contributed by atoms with Gasteiger partial charge in [-0.15, -0.1) is 0 Å². The van der Waals surface area contributed by atoms with E-state index in [9.17, 15) is 9.59 Å². The van der Waals surface area contributed by atoms with Crippen molar-refractivity contribution in [1.29, 1.82) is 0 Å². The van der Waals surface area contributed by atoms with Crippen LogP contribution in [0.15, 0.2) is 53.6 Å². The fourth-order valence-electron chi connectivity index (χ4n) is 2.08. The van der Waals surface area contributed by atoms with Gasteiger partial charge < -0.3 is 15.0 Å². The van der Waals surface area contributed by atoms with Gasteiger partial charge in [-0.25, -0.2) is 5.43 Å². The molecule has 7 heteroatoms. The number of methoxy groups -OCH3 is 1. The van der Waals surface area contributed by atoms with Gasteiger partial charge in [0.2, 0.25) is 0 Å². The van der Waals surface area contributed by atoms with E-state index >= 15 is 0 Å². The molecule has 0 saturated heterocycles. The summed E-state index contributed by atoms with van der Waals surface area (Å²) < 4.78 is 5.03. The summed E-state index contributed by atoms with van der Waals surface area (Å²) in [5, 5.41) is 6.42. The van der Waals surface area contributed by atoms with Crippen molar-refractivity contribution >= 4 is 23.7 Å². The molecule has 0 aromatic heterocycles. The van der Waals surface area contributed by atoms with Crippen LogP contribution in [-0.2, 0) is 4.79 Å². The van der Waals surface area contributed by atoms with E-state index in [0.29, 0.717) is 11.3 Å². The van der Waals surface area contributed by atoms with Crippen molar-refractivity contribution < 1.29 is 14.3 Å². The van der Waals surface area contributed by atoms with Crippen LogP contribution in [-0.4, -0.2) is 45.8 Å². The van der Waals surface area contributed by atoms with E-state index in [1.165, 1.54) is 0 Å². The van der Waals surface area contributed by atoms with Gasteiger partial charge in [-0.3, -0.25) is 9.59 Å². The van der Waals surface area contributed by atoms with E-state index in [1.54, 1.807) is 37.6 Å². The van der Waals surface area contributed by atoms with Gasteiger partial charge in [0.1, 0.15) is 5.75 Å². The Morgan fingerprint density at radius 1 is 1.08 bits per heavy atom. The second kappa shape index (κ2) is 9.22. The number of amides is 2. The number of carbonyl (C=O) groups excluding carboxylic acids is 2. The number of hydrogen-bond acceptors (Lipinski definition) is 5. The molecule has 0 spiro atoms. The zero-order valence-corrected chi connectivity index (χ0v) is 15.0. The summed E-state index contributed by atoms with van der Waals surface area (Å²) in [6.07, 6.45) is 1.54. The van der Waals surface area contributed by atoms with E-state index in [4.69, 9.17) is 4.74 Å². The second-order valence-electron chi connectivity index (χ2n) is 5.69. The lowest BCUT2D eigenvalue weighted by Gasteiger charge is -2.11. The summed E-state index contributed by atoms with van der Waals surface area (Å²) in [7, 11) is 5.48. The van der Waals surface area contributed by atoms with Gasteiger partial charge in [0.25, 0.3) is 11.8 Å². The van der Waals surface area contributed by atoms with Crippen LogP contribution in [0.25, 0.3) is 0 Å². The minimum atomic E-state index is -0.409. The van der Waals surface area contributed by atoms with Crippen molar-refractivity contribution in [2.24, 2.45) is 5.10 Å². The van der Waals surface area contributed by atoms with E-state index in [2.05, 4.69) is 15.8 Å².